The van der Waals surface area contributed by atoms with Crippen molar-refractivity contribution in [2.24, 2.45) is 0 Å². The predicted molar refractivity (Wildman–Crippen MR) is 131 cm³/mol. The van der Waals surface area contributed by atoms with Gasteiger partial charge in [0, 0.05) is 12.1 Å². The van der Waals surface area contributed by atoms with E-state index in [1.165, 1.54) is 19.1 Å². The van der Waals surface area contributed by atoms with Gasteiger partial charge in [-0.25, -0.2) is 4.39 Å². The minimum atomic E-state index is -5.05. The predicted octanol–water partition coefficient (Wildman–Crippen LogP) is 5.73. The fourth-order valence-electron chi connectivity index (χ4n) is 4.74. The molecule has 1 aliphatic heterocycles. The number of aromatic nitrogens is 3. The molecule has 2 heterocycles. The highest BCUT2D eigenvalue weighted by Gasteiger charge is 2.45. The van der Waals surface area contributed by atoms with E-state index in [0.717, 1.165) is 12.1 Å². The number of rotatable bonds is 8. The van der Waals surface area contributed by atoms with Crippen LogP contribution in [-0.4, -0.2) is 58.5 Å². The van der Waals surface area contributed by atoms with Crippen LogP contribution in [0, 0.1) is 11.0 Å². The second-order valence-corrected chi connectivity index (χ2v) is 10.2. The topological polar surface area (TPSA) is 86.3 Å². The molecule has 3 aromatic rings. The standard InChI is InChI=1S/C26H28F7N5O3/c1-15(17-10-18(25(28,29)30)12-19(11-17)26(31,32)33)41-24-23(16-4-6-20(27)7-5-16)38(39,8-9-40-24)14-22-21(13-37(2)3)34-36-35-22/h4-7,10-12,15,23-24H,8-9,13-14H2,1-3H3,(H,34,35,36)/t15-,23?,24?,38?/m1/s1. The van der Waals surface area contributed by atoms with E-state index in [4.69, 9.17) is 9.47 Å². The summed E-state index contributed by atoms with van der Waals surface area (Å²) in [6.07, 6.45) is -12.9. The average Bonchev–Trinajstić information content (AvgIpc) is 3.28. The first-order chi connectivity index (χ1) is 19.1. The number of nitrogens with zero attached hydrogens (tertiary/aromatic N) is 4. The quantitative estimate of drug-likeness (QED) is 0.205. The van der Waals surface area contributed by atoms with Gasteiger partial charge in [-0.1, -0.05) is 5.21 Å². The highest BCUT2D eigenvalue weighted by molar-refractivity contribution is 5.34. The van der Waals surface area contributed by atoms with Gasteiger partial charge < -0.3 is 24.2 Å². The SMILES string of the molecule is C[C@@H](OC1OCC[N+]([O-])(Cc2nn[nH]c2CN(C)C)C1c1ccc(F)cc1)c1cc(C(F)(F)F)cc(C(F)(F)F)c1. The Balaban J connectivity index is 1.71. The van der Waals surface area contributed by atoms with Crippen LogP contribution in [0.1, 0.15) is 52.7 Å². The van der Waals surface area contributed by atoms with Crippen LogP contribution >= 0.6 is 0 Å². The molecule has 4 rings (SSSR count). The first kappa shape index (κ1) is 30.8. The van der Waals surface area contributed by atoms with Gasteiger partial charge in [0.25, 0.3) is 0 Å². The molecular formula is C26H28F7N5O3. The second-order valence-electron chi connectivity index (χ2n) is 10.2. The molecule has 1 N–H and O–H groups in total. The van der Waals surface area contributed by atoms with E-state index in [1.807, 2.05) is 19.0 Å². The maximum absolute atomic E-state index is 14.4. The van der Waals surface area contributed by atoms with Crippen LogP contribution in [0.15, 0.2) is 42.5 Å². The summed E-state index contributed by atoms with van der Waals surface area (Å²) < 4.78 is 105. The Hall–Kier alpha value is -3.11. The molecule has 0 radical (unpaired) electrons. The lowest BCUT2D eigenvalue weighted by Gasteiger charge is -2.53. The number of nitrogens with one attached hydrogen (secondary N) is 1. The van der Waals surface area contributed by atoms with Gasteiger partial charge in [-0.05, 0) is 69.0 Å². The second kappa shape index (κ2) is 11.6. The number of hydrogen-bond acceptors (Lipinski definition) is 6. The number of H-pyrrole nitrogens is 1. The monoisotopic (exact) mass is 591 g/mol. The van der Waals surface area contributed by atoms with Gasteiger partial charge in [0.2, 0.25) is 6.29 Å². The summed E-state index contributed by atoms with van der Waals surface area (Å²) in [5.41, 5.74) is -2.15. The number of benzene rings is 2. The zero-order valence-corrected chi connectivity index (χ0v) is 22.3. The molecule has 1 aromatic heterocycles. The van der Waals surface area contributed by atoms with Crippen molar-refractivity contribution >= 4 is 0 Å². The van der Waals surface area contributed by atoms with Crippen LogP contribution < -0.4 is 0 Å². The summed E-state index contributed by atoms with van der Waals surface area (Å²) in [5, 5.41) is 25.0. The van der Waals surface area contributed by atoms with E-state index in [1.54, 1.807) is 0 Å². The van der Waals surface area contributed by atoms with Gasteiger partial charge in [-0.15, -0.1) is 5.10 Å². The Kier molecular flexibility index (Phi) is 8.76. The van der Waals surface area contributed by atoms with Crippen molar-refractivity contribution in [1.29, 1.82) is 0 Å². The highest BCUT2D eigenvalue weighted by atomic mass is 19.4. The van der Waals surface area contributed by atoms with Gasteiger partial charge in [-0.2, -0.15) is 26.3 Å². The van der Waals surface area contributed by atoms with Crippen molar-refractivity contribution in [3.8, 4) is 0 Å². The molecule has 15 heteroatoms. The van der Waals surface area contributed by atoms with E-state index in [-0.39, 0.29) is 25.8 Å². The zero-order valence-electron chi connectivity index (χ0n) is 22.3. The fraction of sp³-hybridized carbons (Fsp3) is 0.462. The van der Waals surface area contributed by atoms with Crippen molar-refractivity contribution in [1.82, 2.24) is 20.3 Å². The molecule has 0 bridgehead atoms. The molecule has 1 fully saturated rings. The molecule has 0 amide bonds. The van der Waals surface area contributed by atoms with Crippen LogP contribution in [0.5, 0.6) is 0 Å². The lowest BCUT2D eigenvalue weighted by atomic mass is 10.00. The first-order valence-corrected chi connectivity index (χ1v) is 12.5. The summed E-state index contributed by atoms with van der Waals surface area (Å²) in [7, 11) is 3.62. The van der Waals surface area contributed by atoms with Gasteiger partial charge in [0.05, 0.1) is 29.5 Å². The van der Waals surface area contributed by atoms with Crippen molar-refractivity contribution < 1.29 is 44.9 Å². The lowest BCUT2D eigenvalue weighted by Crippen LogP contribution is -2.56. The van der Waals surface area contributed by atoms with E-state index in [2.05, 4.69) is 15.4 Å². The summed E-state index contributed by atoms with van der Waals surface area (Å²) >= 11 is 0. The van der Waals surface area contributed by atoms with Gasteiger partial charge in [-0.3, -0.25) is 5.10 Å². The number of quaternary nitrogens is 1. The Labute approximate surface area is 230 Å². The van der Waals surface area contributed by atoms with Gasteiger partial charge >= 0.3 is 12.4 Å². The van der Waals surface area contributed by atoms with E-state index < -0.39 is 57.9 Å². The minimum absolute atomic E-state index is 0.0252. The number of ether oxygens (including phenoxy) is 2. The number of hydrogen-bond donors (Lipinski definition) is 1. The molecular weight excluding hydrogens is 563 g/mol. The lowest BCUT2D eigenvalue weighted by molar-refractivity contribution is -0.941. The Morgan fingerprint density at radius 1 is 1.07 bits per heavy atom. The first-order valence-electron chi connectivity index (χ1n) is 12.5. The molecule has 8 nitrogen and oxygen atoms in total. The van der Waals surface area contributed by atoms with E-state index in [0.29, 0.717) is 35.6 Å². The van der Waals surface area contributed by atoms with Gasteiger partial charge in [0.15, 0.2) is 6.04 Å². The fourth-order valence-corrected chi connectivity index (χ4v) is 4.74. The third-order valence-corrected chi connectivity index (χ3v) is 6.74. The van der Waals surface area contributed by atoms with Gasteiger partial charge in [0.1, 0.15) is 24.6 Å². The molecule has 4 atom stereocenters. The molecule has 0 saturated carbocycles. The Morgan fingerprint density at radius 2 is 1.68 bits per heavy atom. The molecule has 224 valence electrons. The minimum Gasteiger partial charge on any atom is -0.632 e. The molecule has 3 unspecified atom stereocenters. The number of alkyl halides is 6. The molecule has 1 saturated heterocycles. The van der Waals surface area contributed by atoms with Crippen LogP contribution in [0.4, 0.5) is 30.7 Å². The Morgan fingerprint density at radius 3 is 2.24 bits per heavy atom. The maximum atomic E-state index is 14.4. The Bertz CT molecular complexity index is 1300. The van der Waals surface area contributed by atoms with Crippen LogP contribution in [-0.2, 0) is 34.9 Å². The highest BCUT2D eigenvalue weighted by Crippen LogP contribution is 2.42. The van der Waals surface area contributed by atoms with Crippen molar-refractivity contribution in [3.63, 3.8) is 0 Å². The smallest absolute Gasteiger partial charge is 0.416 e. The van der Waals surface area contributed by atoms with Crippen LogP contribution in [0.25, 0.3) is 0 Å². The largest absolute Gasteiger partial charge is 0.632 e. The number of halogens is 7. The number of morpholine rings is 1. The summed E-state index contributed by atoms with van der Waals surface area (Å²) in [6.45, 7) is 1.24. The van der Waals surface area contributed by atoms with Crippen LogP contribution in [0.2, 0.25) is 0 Å². The van der Waals surface area contributed by atoms with E-state index in [9.17, 15) is 35.9 Å². The van der Waals surface area contributed by atoms with Crippen molar-refractivity contribution in [2.45, 2.75) is 50.8 Å². The number of aromatic amines is 1. The summed E-state index contributed by atoms with van der Waals surface area (Å²) in [4.78, 5) is 1.84. The average molecular weight is 592 g/mol. The number of hydroxylamine groups is 3. The molecule has 0 aliphatic carbocycles. The maximum Gasteiger partial charge on any atom is 0.416 e. The molecule has 2 aromatic carbocycles. The molecule has 41 heavy (non-hydrogen) atoms. The normalized spacial score (nSPS) is 22.7. The van der Waals surface area contributed by atoms with Crippen LogP contribution in [0.3, 0.4) is 0 Å². The van der Waals surface area contributed by atoms with Crippen molar-refractivity contribution in [2.75, 3.05) is 27.2 Å². The zero-order chi connectivity index (χ0) is 30.2. The van der Waals surface area contributed by atoms with Crippen molar-refractivity contribution in [3.05, 3.63) is 87.1 Å². The summed E-state index contributed by atoms with van der Waals surface area (Å²) in [6, 6.07) is 4.94. The summed E-state index contributed by atoms with van der Waals surface area (Å²) in [5.74, 6) is -0.575. The molecule has 0 spiro atoms. The van der Waals surface area contributed by atoms with E-state index >= 15 is 0 Å². The third kappa shape index (κ3) is 7.22. The molecule has 1 aliphatic rings. The third-order valence-electron chi connectivity index (χ3n) is 6.74.